The highest BCUT2D eigenvalue weighted by Crippen LogP contribution is 2.47. The van der Waals surface area contributed by atoms with Crippen molar-refractivity contribution in [2.45, 2.75) is 45.4 Å². The molecule has 1 aliphatic carbocycles. The summed E-state index contributed by atoms with van der Waals surface area (Å²) < 4.78 is 35.2. The Balaban J connectivity index is 1.79. The van der Waals surface area contributed by atoms with Crippen molar-refractivity contribution in [3.63, 3.8) is 0 Å². The maximum atomic E-state index is 11.0. The molecule has 2 aromatic carbocycles. The van der Waals surface area contributed by atoms with Gasteiger partial charge in [0, 0.05) is 30.7 Å². The van der Waals surface area contributed by atoms with E-state index in [1.807, 2.05) is 0 Å². The SMILES string of the molecule is CC1=[N+](CCCS(=O)(=O)[O-])c2ccc3c(c2C1(C)C)CCc1ccccc1-3. The van der Waals surface area contributed by atoms with Gasteiger partial charge in [0.05, 0.1) is 15.5 Å². The molecule has 4 rings (SSSR count). The summed E-state index contributed by atoms with van der Waals surface area (Å²) in [5.74, 6) is -0.315. The molecule has 27 heavy (non-hydrogen) atoms. The fourth-order valence-corrected chi connectivity index (χ4v) is 5.20. The number of rotatable bonds is 4. The van der Waals surface area contributed by atoms with Crippen LogP contribution in [0.2, 0.25) is 0 Å². The van der Waals surface area contributed by atoms with Crippen molar-refractivity contribution in [3.8, 4) is 11.1 Å². The molecule has 0 saturated heterocycles. The Bertz CT molecular complexity index is 1060. The number of fused-ring (bicyclic) bond motifs is 5. The molecule has 0 radical (unpaired) electrons. The molecular formula is C22H25NO3S. The van der Waals surface area contributed by atoms with Gasteiger partial charge in [-0.2, -0.15) is 4.58 Å². The summed E-state index contributed by atoms with van der Waals surface area (Å²) in [6, 6.07) is 13.0. The summed E-state index contributed by atoms with van der Waals surface area (Å²) in [7, 11) is -4.17. The first-order valence-corrected chi connectivity index (χ1v) is 11.1. The molecule has 4 nitrogen and oxygen atoms in total. The highest BCUT2D eigenvalue weighted by molar-refractivity contribution is 7.85. The fourth-order valence-electron chi connectivity index (χ4n) is 4.72. The molecule has 5 heteroatoms. The highest BCUT2D eigenvalue weighted by Gasteiger charge is 2.45. The second-order valence-electron chi connectivity index (χ2n) is 8.12. The predicted octanol–water partition coefficient (Wildman–Crippen LogP) is 3.78. The predicted molar refractivity (Wildman–Crippen MR) is 107 cm³/mol. The van der Waals surface area contributed by atoms with Gasteiger partial charge in [-0.1, -0.05) is 24.3 Å². The lowest BCUT2D eigenvalue weighted by atomic mass is 9.74. The van der Waals surface area contributed by atoms with E-state index in [4.69, 9.17) is 0 Å². The topological polar surface area (TPSA) is 60.2 Å². The summed E-state index contributed by atoms with van der Waals surface area (Å²) in [4.78, 5) is 0. The molecule has 0 aromatic heterocycles. The fraction of sp³-hybridized carbons (Fsp3) is 0.409. The molecule has 0 fully saturated rings. The zero-order valence-corrected chi connectivity index (χ0v) is 16.9. The second-order valence-corrected chi connectivity index (χ2v) is 9.64. The van der Waals surface area contributed by atoms with Gasteiger partial charge in [-0.3, -0.25) is 0 Å². The van der Waals surface area contributed by atoms with Crippen molar-refractivity contribution in [1.29, 1.82) is 0 Å². The van der Waals surface area contributed by atoms with Crippen LogP contribution in [-0.4, -0.2) is 35.6 Å². The van der Waals surface area contributed by atoms with Gasteiger partial charge in [-0.15, -0.1) is 0 Å². The van der Waals surface area contributed by atoms with Crippen LogP contribution in [0.3, 0.4) is 0 Å². The largest absolute Gasteiger partial charge is 0.748 e. The molecule has 2 aromatic rings. The average molecular weight is 384 g/mol. The van der Waals surface area contributed by atoms with Crippen LogP contribution in [0.15, 0.2) is 36.4 Å². The van der Waals surface area contributed by atoms with E-state index in [-0.39, 0.29) is 11.2 Å². The van der Waals surface area contributed by atoms with Gasteiger partial charge in [-0.05, 0) is 55.0 Å². The summed E-state index contributed by atoms with van der Waals surface area (Å²) in [5, 5.41) is 0. The number of hydrogen-bond donors (Lipinski definition) is 0. The average Bonchev–Trinajstić information content (AvgIpc) is 2.81. The van der Waals surface area contributed by atoms with Gasteiger partial charge < -0.3 is 4.55 Å². The van der Waals surface area contributed by atoms with E-state index in [1.54, 1.807) is 0 Å². The van der Waals surface area contributed by atoms with E-state index >= 15 is 0 Å². The van der Waals surface area contributed by atoms with Crippen molar-refractivity contribution in [1.82, 2.24) is 0 Å². The molecule has 0 saturated carbocycles. The first kappa shape index (κ1) is 18.4. The molecular weight excluding hydrogens is 358 g/mol. The monoisotopic (exact) mass is 383 g/mol. The molecule has 0 atom stereocenters. The standard InChI is InChI=1S/C22H25NO3S/c1-15-22(2,3)21-19-10-9-16-7-4-5-8-17(16)18(19)11-12-20(21)23(15)13-6-14-27(24,25)26/h4-5,7-8,11-12H,6,9-10,13-14H2,1-3H3. The van der Waals surface area contributed by atoms with Crippen molar-refractivity contribution in [3.05, 3.63) is 53.1 Å². The summed E-state index contributed by atoms with van der Waals surface area (Å²) in [6.45, 7) is 7.16. The molecule has 142 valence electrons. The maximum Gasteiger partial charge on any atom is 0.209 e. The Morgan fingerprint density at radius 1 is 1.07 bits per heavy atom. The van der Waals surface area contributed by atoms with E-state index in [9.17, 15) is 13.0 Å². The molecule has 0 spiro atoms. The van der Waals surface area contributed by atoms with Crippen LogP contribution >= 0.6 is 0 Å². The first-order valence-electron chi connectivity index (χ1n) is 9.50. The van der Waals surface area contributed by atoms with Crippen LogP contribution in [0.4, 0.5) is 5.69 Å². The molecule has 2 aliphatic rings. The number of hydrogen-bond acceptors (Lipinski definition) is 3. The van der Waals surface area contributed by atoms with Crippen LogP contribution in [0.1, 0.15) is 43.9 Å². The Morgan fingerprint density at radius 3 is 2.56 bits per heavy atom. The van der Waals surface area contributed by atoms with E-state index in [1.165, 1.54) is 39.2 Å². The third kappa shape index (κ3) is 3.03. The molecule has 0 unspecified atom stereocenters. The number of benzene rings is 2. The van der Waals surface area contributed by atoms with Gasteiger partial charge in [0.15, 0.2) is 5.71 Å². The van der Waals surface area contributed by atoms with Gasteiger partial charge in [0.2, 0.25) is 5.69 Å². The minimum atomic E-state index is -4.17. The molecule has 0 N–H and O–H groups in total. The van der Waals surface area contributed by atoms with Crippen LogP contribution in [0.5, 0.6) is 0 Å². The molecule has 0 amide bonds. The highest BCUT2D eigenvalue weighted by atomic mass is 32.2. The van der Waals surface area contributed by atoms with E-state index < -0.39 is 10.1 Å². The van der Waals surface area contributed by atoms with Gasteiger partial charge in [-0.25, -0.2) is 8.42 Å². The van der Waals surface area contributed by atoms with Gasteiger partial charge in [0.1, 0.15) is 6.54 Å². The van der Waals surface area contributed by atoms with Crippen molar-refractivity contribution >= 4 is 21.5 Å². The van der Waals surface area contributed by atoms with E-state index in [2.05, 4.69) is 61.7 Å². The minimum absolute atomic E-state index is 0.108. The van der Waals surface area contributed by atoms with Crippen molar-refractivity contribution < 1.29 is 17.5 Å². The summed E-state index contributed by atoms with van der Waals surface area (Å²) in [6.07, 6.45) is 2.41. The second kappa shape index (κ2) is 6.28. The Kier molecular flexibility index (Phi) is 4.28. The number of aryl methyl sites for hydroxylation is 1. The van der Waals surface area contributed by atoms with Crippen LogP contribution < -0.4 is 0 Å². The number of nitrogens with zero attached hydrogens (tertiary/aromatic N) is 1. The van der Waals surface area contributed by atoms with Crippen LogP contribution in [0.25, 0.3) is 11.1 Å². The zero-order chi connectivity index (χ0) is 19.4. The lowest BCUT2D eigenvalue weighted by Gasteiger charge is -2.25. The van der Waals surface area contributed by atoms with Gasteiger partial charge in [0.25, 0.3) is 0 Å². The van der Waals surface area contributed by atoms with Crippen molar-refractivity contribution in [2.24, 2.45) is 0 Å². The maximum absolute atomic E-state index is 11.0. The van der Waals surface area contributed by atoms with E-state index in [0.717, 1.165) is 12.8 Å². The third-order valence-electron chi connectivity index (χ3n) is 6.24. The minimum Gasteiger partial charge on any atom is -0.748 e. The smallest absolute Gasteiger partial charge is 0.209 e. The van der Waals surface area contributed by atoms with Crippen LogP contribution in [0, 0.1) is 0 Å². The Hall–Kier alpha value is -1.98. The van der Waals surface area contributed by atoms with Crippen molar-refractivity contribution in [2.75, 3.05) is 12.3 Å². The normalized spacial score (nSPS) is 17.5. The van der Waals surface area contributed by atoms with E-state index in [0.29, 0.717) is 13.0 Å². The lowest BCUT2D eigenvalue weighted by Crippen LogP contribution is -2.28. The quantitative estimate of drug-likeness (QED) is 0.596. The summed E-state index contributed by atoms with van der Waals surface area (Å²) in [5.41, 5.74) is 9.09. The Labute approximate surface area is 161 Å². The van der Waals surface area contributed by atoms with Crippen LogP contribution in [-0.2, 0) is 28.4 Å². The molecule has 1 aliphatic heterocycles. The molecule has 1 heterocycles. The third-order valence-corrected chi connectivity index (χ3v) is 7.03. The lowest BCUT2D eigenvalue weighted by molar-refractivity contribution is -0.438. The zero-order valence-electron chi connectivity index (χ0n) is 16.1. The molecule has 0 bridgehead atoms. The summed E-state index contributed by atoms with van der Waals surface area (Å²) >= 11 is 0. The van der Waals surface area contributed by atoms with Gasteiger partial charge >= 0.3 is 0 Å². The Morgan fingerprint density at radius 2 is 1.81 bits per heavy atom. The first-order chi connectivity index (χ1) is 12.7.